The number of benzene rings is 1. The molecule has 2 aromatic rings. The summed E-state index contributed by atoms with van der Waals surface area (Å²) in [5.41, 5.74) is -1.53. The maximum atomic E-state index is 11.6. The molecule has 21 heavy (non-hydrogen) atoms. The molecule has 0 aliphatic heterocycles. The Balaban J connectivity index is 2.52. The maximum absolute atomic E-state index is 11.6. The van der Waals surface area contributed by atoms with Gasteiger partial charge in [-0.3, -0.25) is 19.8 Å². The van der Waals surface area contributed by atoms with Crippen molar-refractivity contribution < 1.29 is 15.0 Å². The van der Waals surface area contributed by atoms with E-state index in [-0.39, 0.29) is 22.5 Å². The molecule has 2 rings (SSSR count). The van der Waals surface area contributed by atoms with E-state index in [1.807, 2.05) is 9.97 Å². The molecule has 8 nitrogen and oxygen atoms in total. The third-order valence-electron chi connectivity index (χ3n) is 2.66. The maximum Gasteiger partial charge on any atom is 0.328 e. The Hall–Kier alpha value is -3.16. The van der Waals surface area contributed by atoms with Gasteiger partial charge in [-0.15, -0.1) is 0 Å². The second-order valence-corrected chi connectivity index (χ2v) is 4.17. The Morgan fingerprint density at radius 3 is 2.62 bits per heavy atom. The third kappa shape index (κ3) is 3.06. The van der Waals surface area contributed by atoms with Crippen LogP contribution in [0.25, 0.3) is 0 Å². The van der Waals surface area contributed by atoms with Crippen LogP contribution in [0.15, 0.2) is 38.8 Å². The molecule has 0 atom stereocenters. The summed E-state index contributed by atoms with van der Waals surface area (Å²) in [5, 5.41) is 20.4. The zero-order valence-electron chi connectivity index (χ0n) is 10.8. The molecule has 0 aliphatic rings. The van der Waals surface area contributed by atoms with Crippen LogP contribution in [0.5, 0.6) is 5.88 Å². The van der Waals surface area contributed by atoms with E-state index in [0.29, 0.717) is 0 Å². The van der Waals surface area contributed by atoms with E-state index in [0.717, 1.165) is 0 Å². The number of carbonyl (C=O) groups excluding carboxylic acids is 1. The lowest BCUT2D eigenvalue weighted by atomic mass is 10.2. The molecule has 0 saturated carbocycles. The molecule has 0 radical (unpaired) electrons. The molecule has 0 bridgehead atoms. The van der Waals surface area contributed by atoms with E-state index in [4.69, 9.17) is 0 Å². The van der Waals surface area contributed by atoms with Crippen molar-refractivity contribution in [3.8, 4) is 5.88 Å². The Bertz CT molecular complexity index is 847. The fourth-order valence-electron chi connectivity index (χ4n) is 1.76. The van der Waals surface area contributed by atoms with E-state index in [2.05, 4.69) is 4.99 Å². The number of carbonyl (C=O) groups is 1. The Kier molecular flexibility index (Phi) is 3.70. The van der Waals surface area contributed by atoms with Gasteiger partial charge in [0.25, 0.3) is 5.56 Å². The lowest BCUT2D eigenvalue weighted by Crippen LogP contribution is -2.27. The fraction of sp³-hybridized carbons (Fsp3) is 0.0769. The van der Waals surface area contributed by atoms with Crippen molar-refractivity contribution in [2.24, 2.45) is 4.99 Å². The average Bonchev–Trinajstić information content (AvgIpc) is 2.37. The molecule has 1 aromatic carbocycles. The number of H-pyrrole nitrogens is 2. The minimum atomic E-state index is -1.35. The lowest BCUT2D eigenvalue weighted by Gasteiger charge is -2.05. The van der Waals surface area contributed by atoms with Gasteiger partial charge in [0.15, 0.2) is 0 Å². The van der Waals surface area contributed by atoms with Crippen molar-refractivity contribution in [1.82, 2.24) is 9.97 Å². The highest BCUT2D eigenvalue weighted by atomic mass is 16.4. The van der Waals surface area contributed by atoms with E-state index in [1.165, 1.54) is 31.2 Å². The summed E-state index contributed by atoms with van der Waals surface area (Å²) >= 11 is 0. The van der Waals surface area contributed by atoms with Crippen LogP contribution in [0.1, 0.15) is 22.8 Å². The van der Waals surface area contributed by atoms with E-state index in [1.54, 1.807) is 0 Å². The summed E-state index contributed by atoms with van der Waals surface area (Å²) in [5.74, 6) is -1.96. The summed E-state index contributed by atoms with van der Waals surface area (Å²) in [4.78, 5) is 41.4. The van der Waals surface area contributed by atoms with Gasteiger partial charge in [0.1, 0.15) is 5.56 Å². The fourth-order valence-corrected chi connectivity index (χ4v) is 1.76. The number of nitrogens with zero attached hydrogens (tertiary/aromatic N) is 1. The summed E-state index contributed by atoms with van der Waals surface area (Å²) < 4.78 is 0. The largest absolute Gasteiger partial charge is 0.545 e. The van der Waals surface area contributed by atoms with E-state index in [9.17, 15) is 24.6 Å². The number of aromatic nitrogens is 2. The predicted molar refractivity (Wildman–Crippen MR) is 72.0 cm³/mol. The number of aromatic hydroxyl groups is 1. The highest BCUT2D eigenvalue weighted by Gasteiger charge is 2.11. The molecule has 1 heterocycles. The van der Waals surface area contributed by atoms with E-state index >= 15 is 0 Å². The smallest absolute Gasteiger partial charge is 0.328 e. The monoisotopic (exact) mass is 288 g/mol. The van der Waals surface area contributed by atoms with Gasteiger partial charge in [-0.25, -0.2) is 4.79 Å². The van der Waals surface area contributed by atoms with Gasteiger partial charge in [0.2, 0.25) is 5.88 Å². The zero-order chi connectivity index (χ0) is 15.6. The Labute approximate surface area is 117 Å². The molecule has 0 saturated heterocycles. The molecule has 3 N–H and O–H groups in total. The topological polar surface area (TPSA) is 138 Å². The van der Waals surface area contributed by atoms with Crippen LogP contribution >= 0.6 is 0 Å². The number of aromatic carboxylic acids is 1. The number of hydrogen-bond donors (Lipinski definition) is 3. The van der Waals surface area contributed by atoms with Crippen LogP contribution in [-0.2, 0) is 0 Å². The van der Waals surface area contributed by atoms with Crippen molar-refractivity contribution in [1.29, 1.82) is 0 Å². The van der Waals surface area contributed by atoms with Crippen LogP contribution in [0.4, 0.5) is 5.69 Å². The minimum absolute atomic E-state index is 0.0661. The summed E-state index contributed by atoms with van der Waals surface area (Å²) in [6, 6.07) is 5.59. The Morgan fingerprint density at radius 1 is 1.29 bits per heavy atom. The van der Waals surface area contributed by atoms with Gasteiger partial charge in [0, 0.05) is 0 Å². The summed E-state index contributed by atoms with van der Waals surface area (Å²) in [7, 11) is 0. The van der Waals surface area contributed by atoms with Gasteiger partial charge >= 0.3 is 5.69 Å². The quantitative estimate of drug-likeness (QED) is 0.639. The number of rotatable bonds is 3. The molecule has 0 spiro atoms. The molecule has 8 heteroatoms. The molecule has 0 aliphatic carbocycles. The first-order valence-electron chi connectivity index (χ1n) is 5.81. The predicted octanol–water partition coefficient (Wildman–Crippen LogP) is -0.727. The third-order valence-corrected chi connectivity index (χ3v) is 2.66. The SMILES string of the molecule is CC(=Nc1cccc(C(=O)[O-])c1)c1c(O)[nH]c(=O)[nH]c1=O. The van der Waals surface area contributed by atoms with Gasteiger partial charge in [-0.1, -0.05) is 12.1 Å². The van der Waals surface area contributed by atoms with Crippen molar-refractivity contribution in [2.75, 3.05) is 0 Å². The van der Waals surface area contributed by atoms with E-state index < -0.39 is 23.1 Å². The number of carboxylic acids is 1. The molecule has 0 amide bonds. The molecule has 108 valence electrons. The number of carboxylic acid groups (broad SMARTS) is 1. The lowest BCUT2D eigenvalue weighted by molar-refractivity contribution is -0.255. The number of nitrogens with one attached hydrogen (secondary N) is 2. The van der Waals surface area contributed by atoms with Gasteiger partial charge in [-0.05, 0) is 24.6 Å². The first kappa shape index (κ1) is 14.3. The van der Waals surface area contributed by atoms with Gasteiger partial charge in [-0.2, -0.15) is 0 Å². The van der Waals surface area contributed by atoms with Crippen molar-refractivity contribution in [3.63, 3.8) is 0 Å². The Morgan fingerprint density at radius 2 is 2.00 bits per heavy atom. The van der Waals surface area contributed by atoms with Crippen LogP contribution in [0.2, 0.25) is 0 Å². The molecule has 0 unspecified atom stereocenters. The summed E-state index contributed by atoms with van der Waals surface area (Å²) in [6.07, 6.45) is 0. The average molecular weight is 288 g/mol. The number of aliphatic imine (C=N–C) groups is 1. The van der Waals surface area contributed by atoms with Crippen LogP contribution < -0.4 is 16.4 Å². The molecular formula is C13H10N3O5-. The van der Waals surface area contributed by atoms with Crippen LogP contribution in [0, 0.1) is 0 Å². The van der Waals surface area contributed by atoms with Crippen LogP contribution in [0.3, 0.4) is 0 Å². The summed E-state index contributed by atoms with van der Waals surface area (Å²) in [6.45, 7) is 1.44. The van der Waals surface area contributed by atoms with Crippen molar-refractivity contribution in [3.05, 3.63) is 56.2 Å². The molecule has 1 aromatic heterocycles. The minimum Gasteiger partial charge on any atom is -0.545 e. The zero-order valence-corrected chi connectivity index (χ0v) is 10.8. The second-order valence-electron chi connectivity index (χ2n) is 4.17. The number of hydrogen-bond acceptors (Lipinski definition) is 6. The highest BCUT2D eigenvalue weighted by molar-refractivity contribution is 6.01. The van der Waals surface area contributed by atoms with Crippen molar-refractivity contribution >= 4 is 17.4 Å². The first-order valence-corrected chi connectivity index (χ1v) is 5.81. The van der Waals surface area contributed by atoms with Gasteiger partial charge < -0.3 is 15.0 Å². The second kappa shape index (κ2) is 5.45. The highest BCUT2D eigenvalue weighted by Crippen LogP contribution is 2.16. The first-order chi connectivity index (χ1) is 9.88. The normalized spacial score (nSPS) is 11.4. The standard InChI is InChI=1S/C13H11N3O5/c1-6(9-10(17)15-13(21)16-11(9)18)14-8-4-2-3-7(5-8)12(19)20/h2-5H,1H3,(H,19,20)(H3,15,16,17,18,21)/p-1. The molecular weight excluding hydrogens is 278 g/mol. The van der Waals surface area contributed by atoms with Crippen LogP contribution in [-0.4, -0.2) is 26.8 Å². The van der Waals surface area contributed by atoms with Crippen molar-refractivity contribution in [2.45, 2.75) is 6.92 Å². The van der Waals surface area contributed by atoms with Gasteiger partial charge in [0.05, 0.1) is 17.4 Å². The molecule has 0 fully saturated rings. The number of aromatic amines is 2.